The average Bonchev–Trinajstić information content (AvgIpc) is 3.31. The van der Waals surface area contributed by atoms with Crippen LogP contribution in [0.5, 0.6) is 0 Å². The van der Waals surface area contributed by atoms with Crippen molar-refractivity contribution in [3.05, 3.63) is 64.8 Å². The smallest absolute Gasteiger partial charge is 0.245 e. The van der Waals surface area contributed by atoms with Crippen molar-refractivity contribution >= 4 is 26.6 Å². The summed E-state index contributed by atoms with van der Waals surface area (Å²) in [5, 5.41) is 4.57. The number of aromatic nitrogens is 2. The molecule has 0 saturated carbocycles. The SMILES string of the molecule is O=C(Cn1ncc(=O)c2ccccc21)N(Cc1ccco1)[C@H]1CCS(=O)(=O)C1. The fourth-order valence-electron chi connectivity index (χ4n) is 3.52. The maximum Gasteiger partial charge on any atom is 0.245 e. The number of rotatable bonds is 5. The highest BCUT2D eigenvalue weighted by Crippen LogP contribution is 2.21. The number of benzene rings is 1. The second kappa shape index (κ2) is 7.23. The highest BCUT2D eigenvalue weighted by Gasteiger charge is 2.35. The molecule has 0 radical (unpaired) electrons. The summed E-state index contributed by atoms with van der Waals surface area (Å²) in [7, 11) is -3.15. The molecule has 3 heterocycles. The Labute approximate surface area is 161 Å². The van der Waals surface area contributed by atoms with Gasteiger partial charge in [-0.05, 0) is 30.7 Å². The van der Waals surface area contributed by atoms with Crippen molar-refractivity contribution < 1.29 is 17.6 Å². The van der Waals surface area contributed by atoms with Gasteiger partial charge in [0, 0.05) is 11.4 Å². The number of furan rings is 1. The van der Waals surface area contributed by atoms with E-state index in [0.717, 1.165) is 0 Å². The van der Waals surface area contributed by atoms with Crippen molar-refractivity contribution in [2.45, 2.75) is 25.6 Å². The van der Waals surface area contributed by atoms with Crippen molar-refractivity contribution in [3.63, 3.8) is 0 Å². The van der Waals surface area contributed by atoms with Gasteiger partial charge in [0.05, 0.1) is 36.0 Å². The minimum atomic E-state index is -3.15. The molecule has 0 spiro atoms. The summed E-state index contributed by atoms with van der Waals surface area (Å²) in [5.41, 5.74) is 0.342. The van der Waals surface area contributed by atoms with Gasteiger partial charge in [0.25, 0.3) is 0 Å². The van der Waals surface area contributed by atoms with Crippen molar-refractivity contribution in [1.82, 2.24) is 14.7 Å². The van der Waals surface area contributed by atoms with Gasteiger partial charge in [0.1, 0.15) is 12.3 Å². The fraction of sp³-hybridized carbons (Fsp3) is 0.316. The molecule has 1 aromatic carbocycles. The summed E-state index contributed by atoms with van der Waals surface area (Å²) in [5.74, 6) is 0.312. The molecule has 1 aliphatic rings. The van der Waals surface area contributed by atoms with Gasteiger partial charge in [-0.25, -0.2) is 8.42 Å². The highest BCUT2D eigenvalue weighted by atomic mass is 32.2. The van der Waals surface area contributed by atoms with Crippen LogP contribution >= 0.6 is 0 Å². The van der Waals surface area contributed by atoms with Crippen LogP contribution in [0.3, 0.4) is 0 Å². The van der Waals surface area contributed by atoms with Gasteiger partial charge in [-0.1, -0.05) is 12.1 Å². The van der Waals surface area contributed by atoms with Crippen LogP contribution in [0.15, 0.2) is 58.1 Å². The number of fused-ring (bicyclic) bond motifs is 1. The zero-order valence-electron chi connectivity index (χ0n) is 15.0. The van der Waals surface area contributed by atoms with E-state index in [2.05, 4.69) is 5.10 Å². The van der Waals surface area contributed by atoms with E-state index < -0.39 is 15.9 Å². The standard InChI is InChI=1S/C19H19N3O5S/c23-18-10-20-22(17-6-2-1-5-16(17)18)12-19(24)21(11-15-4-3-8-27-15)14-7-9-28(25,26)13-14/h1-6,8,10,14H,7,9,11-13H2/t14-/m0/s1. The fourth-order valence-corrected chi connectivity index (χ4v) is 5.25. The van der Waals surface area contributed by atoms with Gasteiger partial charge in [0.15, 0.2) is 9.84 Å². The summed E-state index contributed by atoms with van der Waals surface area (Å²) in [6.07, 6.45) is 3.10. The number of hydrogen-bond acceptors (Lipinski definition) is 6. The largest absolute Gasteiger partial charge is 0.467 e. The average molecular weight is 401 g/mol. The number of hydrogen-bond donors (Lipinski definition) is 0. The lowest BCUT2D eigenvalue weighted by molar-refractivity contribution is -0.134. The highest BCUT2D eigenvalue weighted by molar-refractivity contribution is 7.91. The Bertz CT molecular complexity index is 1170. The van der Waals surface area contributed by atoms with Crippen molar-refractivity contribution in [2.75, 3.05) is 11.5 Å². The van der Waals surface area contributed by atoms with Gasteiger partial charge in [-0.2, -0.15) is 5.10 Å². The van der Waals surface area contributed by atoms with Crippen LogP contribution in [-0.2, 0) is 27.7 Å². The Kier molecular flexibility index (Phi) is 4.76. The molecule has 8 nitrogen and oxygen atoms in total. The molecule has 1 amide bonds. The van der Waals surface area contributed by atoms with E-state index in [0.29, 0.717) is 23.1 Å². The Morgan fingerprint density at radius 2 is 2.07 bits per heavy atom. The van der Waals surface area contributed by atoms with Crippen LogP contribution < -0.4 is 5.43 Å². The summed E-state index contributed by atoms with van der Waals surface area (Å²) >= 11 is 0. The van der Waals surface area contributed by atoms with Crippen LogP contribution in [0.1, 0.15) is 12.2 Å². The Morgan fingerprint density at radius 1 is 1.25 bits per heavy atom. The van der Waals surface area contributed by atoms with E-state index in [4.69, 9.17) is 4.42 Å². The minimum Gasteiger partial charge on any atom is -0.467 e. The molecule has 0 unspecified atom stereocenters. The third-order valence-electron chi connectivity index (χ3n) is 4.92. The van der Waals surface area contributed by atoms with Gasteiger partial charge in [0.2, 0.25) is 11.3 Å². The Balaban J connectivity index is 1.64. The second-order valence-electron chi connectivity index (χ2n) is 6.84. The molecular weight excluding hydrogens is 382 g/mol. The predicted molar refractivity (Wildman–Crippen MR) is 102 cm³/mol. The van der Waals surface area contributed by atoms with E-state index in [1.807, 2.05) is 0 Å². The van der Waals surface area contributed by atoms with E-state index in [1.54, 1.807) is 36.4 Å². The van der Waals surface area contributed by atoms with E-state index in [1.165, 1.54) is 22.0 Å². The quantitative estimate of drug-likeness (QED) is 0.637. The molecule has 4 rings (SSSR count). The molecule has 1 aliphatic heterocycles. The zero-order valence-corrected chi connectivity index (χ0v) is 15.8. The molecule has 1 saturated heterocycles. The lowest BCUT2D eigenvalue weighted by Gasteiger charge is -2.28. The van der Waals surface area contributed by atoms with Crippen LogP contribution in [0.4, 0.5) is 0 Å². The van der Waals surface area contributed by atoms with Crippen LogP contribution in [0, 0.1) is 0 Å². The number of carbonyl (C=O) groups is 1. The summed E-state index contributed by atoms with van der Waals surface area (Å²) < 4.78 is 30.7. The van der Waals surface area contributed by atoms with Gasteiger partial charge < -0.3 is 9.32 Å². The van der Waals surface area contributed by atoms with E-state index in [9.17, 15) is 18.0 Å². The summed E-state index contributed by atoms with van der Waals surface area (Å²) in [6, 6.07) is 10.0. The van der Waals surface area contributed by atoms with E-state index >= 15 is 0 Å². The lowest BCUT2D eigenvalue weighted by atomic mass is 10.2. The molecular formula is C19H19N3O5S. The minimum absolute atomic E-state index is 0.0577. The summed E-state index contributed by atoms with van der Waals surface area (Å²) in [6.45, 7) is 0.0855. The molecule has 1 atom stereocenters. The molecule has 0 aliphatic carbocycles. The summed E-state index contributed by atoms with van der Waals surface area (Å²) in [4.78, 5) is 26.6. The lowest BCUT2D eigenvalue weighted by Crippen LogP contribution is -2.42. The molecule has 0 bridgehead atoms. The first kappa shape index (κ1) is 18.4. The maximum atomic E-state index is 13.1. The first-order chi connectivity index (χ1) is 13.4. The topological polar surface area (TPSA) is 102 Å². The predicted octanol–water partition coefficient (Wildman–Crippen LogP) is 1.21. The molecule has 9 heteroatoms. The molecule has 0 N–H and O–H groups in total. The normalized spacial score (nSPS) is 18.4. The monoisotopic (exact) mass is 401 g/mol. The molecule has 3 aromatic rings. The maximum absolute atomic E-state index is 13.1. The molecule has 28 heavy (non-hydrogen) atoms. The number of sulfone groups is 1. The van der Waals surface area contributed by atoms with Crippen molar-refractivity contribution in [1.29, 1.82) is 0 Å². The van der Waals surface area contributed by atoms with Crippen molar-refractivity contribution in [3.8, 4) is 0 Å². The first-order valence-corrected chi connectivity index (χ1v) is 10.7. The molecule has 146 valence electrons. The first-order valence-electron chi connectivity index (χ1n) is 8.90. The number of amides is 1. The van der Waals surface area contributed by atoms with Gasteiger partial charge >= 0.3 is 0 Å². The third-order valence-corrected chi connectivity index (χ3v) is 6.67. The zero-order chi connectivity index (χ0) is 19.7. The van der Waals surface area contributed by atoms with Crippen LogP contribution in [0.2, 0.25) is 0 Å². The van der Waals surface area contributed by atoms with E-state index in [-0.39, 0.29) is 35.9 Å². The second-order valence-corrected chi connectivity index (χ2v) is 9.07. The van der Waals surface area contributed by atoms with Gasteiger partial charge in [-0.15, -0.1) is 0 Å². The Hall–Kier alpha value is -2.94. The molecule has 1 fully saturated rings. The molecule has 2 aromatic heterocycles. The van der Waals surface area contributed by atoms with Crippen LogP contribution in [-0.4, -0.2) is 46.6 Å². The van der Waals surface area contributed by atoms with Gasteiger partial charge in [-0.3, -0.25) is 14.3 Å². The number of nitrogens with zero attached hydrogens (tertiary/aromatic N) is 3. The Morgan fingerprint density at radius 3 is 2.79 bits per heavy atom. The van der Waals surface area contributed by atoms with Crippen LogP contribution in [0.25, 0.3) is 10.9 Å². The number of para-hydroxylation sites is 1. The third kappa shape index (κ3) is 3.70. The number of carbonyl (C=O) groups excluding carboxylic acids is 1. The van der Waals surface area contributed by atoms with Crippen molar-refractivity contribution in [2.24, 2.45) is 0 Å².